The Labute approximate surface area is 93.4 Å². The standard InChI is InChI=1S/C10H18IN3/c1-8(14(4)11(2)3)9-6-5-7-13-10(9)12/h5-8H,1-4H3,(H2,12,13). The molecule has 0 bridgehead atoms. The first-order valence-electron chi connectivity index (χ1n) is 4.47. The van der Waals surface area contributed by atoms with E-state index in [0.29, 0.717) is 11.9 Å². The van der Waals surface area contributed by atoms with Crippen LogP contribution in [0.2, 0.25) is 0 Å². The third-order valence-electron chi connectivity index (χ3n) is 2.39. The summed E-state index contributed by atoms with van der Waals surface area (Å²) in [6, 6.07) is 4.38. The van der Waals surface area contributed by atoms with E-state index in [-0.39, 0.29) is 0 Å². The molecule has 14 heavy (non-hydrogen) atoms. The molecule has 1 heterocycles. The van der Waals surface area contributed by atoms with E-state index in [2.05, 4.69) is 38.0 Å². The average molecular weight is 307 g/mol. The molecule has 0 radical (unpaired) electrons. The van der Waals surface area contributed by atoms with Crippen LogP contribution in [0.4, 0.5) is 5.82 Å². The zero-order valence-electron chi connectivity index (χ0n) is 9.16. The molecule has 0 aliphatic rings. The van der Waals surface area contributed by atoms with Gasteiger partial charge in [0, 0.05) is 0 Å². The topological polar surface area (TPSA) is 42.1 Å². The van der Waals surface area contributed by atoms with Crippen LogP contribution in [-0.2, 0) is 0 Å². The van der Waals surface area contributed by atoms with Crippen molar-refractivity contribution in [1.82, 2.24) is 8.10 Å². The molecule has 0 fully saturated rings. The van der Waals surface area contributed by atoms with Crippen molar-refractivity contribution in [2.24, 2.45) is 0 Å². The van der Waals surface area contributed by atoms with Crippen LogP contribution < -0.4 is 5.73 Å². The Balaban J connectivity index is 2.89. The van der Waals surface area contributed by atoms with Gasteiger partial charge in [0.1, 0.15) is 0 Å². The van der Waals surface area contributed by atoms with Crippen molar-refractivity contribution in [1.29, 1.82) is 0 Å². The Bertz CT molecular complexity index is 301. The van der Waals surface area contributed by atoms with Crippen LogP contribution in [0.5, 0.6) is 0 Å². The number of hydrogen-bond acceptors (Lipinski definition) is 3. The molecule has 80 valence electrons. The van der Waals surface area contributed by atoms with Gasteiger partial charge in [0.15, 0.2) is 0 Å². The molecule has 0 amide bonds. The molecule has 1 aromatic rings. The van der Waals surface area contributed by atoms with Crippen molar-refractivity contribution in [3.8, 4) is 0 Å². The van der Waals surface area contributed by atoms with Gasteiger partial charge in [-0.05, 0) is 0 Å². The Morgan fingerprint density at radius 3 is 2.64 bits per heavy atom. The first kappa shape index (κ1) is 11.7. The Kier molecular flexibility index (Phi) is 4.12. The molecule has 1 unspecified atom stereocenters. The van der Waals surface area contributed by atoms with E-state index >= 15 is 0 Å². The first-order chi connectivity index (χ1) is 6.54. The van der Waals surface area contributed by atoms with Crippen molar-refractivity contribution in [3.63, 3.8) is 0 Å². The molecule has 0 aromatic carbocycles. The number of rotatable bonds is 3. The summed E-state index contributed by atoms with van der Waals surface area (Å²) in [6.07, 6.45) is 1.74. The molecule has 0 spiro atoms. The van der Waals surface area contributed by atoms with Crippen molar-refractivity contribution in [2.45, 2.75) is 13.0 Å². The summed E-state index contributed by atoms with van der Waals surface area (Å²) in [5.74, 6) is 0.657. The van der Waals surface area contributed by atoms with Crippen LogP contribution in [0.3, 0.4) is 0 Å². The monoisotopic (exact) mass is 307 g/mol. The number of alkyl halides is 2. The molecule has 0 aliphatic heterocycles. The summed E-state index contributed by atoms with van der Waals surface area (Å²) in [6.45, 7) is 2.19. The Hall–Kier alpha value is -0.360. The van der Waals surface area contributed by atoms with Crippen LogP contribution in [0, 0.1) is 0 Å². The number of nitrogens with zero attached hydrogens (tertiary/aromatic N) is 2. The molecule has 0 saturated carbocycles. The van der Waals surface area contributed by atoms with Gasteiger partial charge in [-0.25, -0.2) is 0 Å². The zero-order chi connectivity index (χ0) is 10.7. The molecule has 3 nitrogen and oxygen atoms in total. The zero-order valence-corrected chi connectivity index (χ0v) is 11.3. The van der Waals surface area contributed by atoms with E-state index in [1.807, 2.05) is 6.07 Å². The average Bonchev–Trinajstić information content (AvgIpc) is 2.16. The fraction of sp³-hybridized carbons (Fsp3) is 0.500. The van der Waals surface area contributed by atoms with Crippen molar-refractivity contribution in [2.75, 3.05) is 22.6 Å². The second kappa shape index (κ2) is 4.93. The summed E-state index contributed by atoms with van der Waals surface area (Å²) in [5.41, 5.74) is 6.98. The normalized spacial score (nSPS) is 14.2. The SMILES string of the molecule is CC(c1cccnc1N)N(C)I(C)C. The van der Waals surface area contributed by atoms with Gasteiger partial charge in [-0.1, -0.05) is 0 Å². The fourth-order valence-corrected chi connectivity index (χ4v) is 3.24. The van der Waals surface area contributed by atoms with Gasteiger partial charge in [-0.2, -0.15) is 0 Å². The summed E-state index contributed by atoms with van der Waals surface area (Å²) < 4.78 is 2.43. The third kappa shape index (κ3) is 2.57. The number of hydrogen-bond donors (Lipinski definition) is 1. The maximum absolute atomic E-state index is 5.84. The predicted molar refractivity (Wildman–Crippen MR) is 70.7 cm³/mol. The third-order valence-corrected chi connectivity index (χ3v) is 6.27. The number of halogens is 1. The summed E-state index contributed by atoms with van der Waals surface area (Å²) in [7, 11) is 2.17. The second-order valence-electron chi connectivity index (χ2n) is 3.39. The van der Waals surface area contributed by atoms with Crippen molar-refractivity contribution < 1.29 is 0 Å². The van der Waals surface area contributed by atoms with Gasteiger partial charge in [0.05, 0.1) is 0 Å². The number of nitrogen functional groups attached to an aromatic ring is 1. The van der Waals surface area contributed by atoms with Crippen LogP contribution in [0.25, 0.3) is 0 Å². The Morgan fingerprint density at radius 1 is 1.50 bits per heavy atom. The van der Waals surface area contributed by atoms with E-state index in [1.165, 1.54) is 0 Å². The molecule has 1 aromatic heterocycles. The van der Waals surface area contributed by atoms with E-state index in [1.54, 1.807) is 6.20 Å². The molecule has 0 aliphatic carbocycles. The molecule has 1 rings (SSSR count). The van der Waals surface area contributed by atoms with Gasteiger partial charge >= 0.3 is 93.5 Å². The molecule has 2 N–H and O–H groups in total. The predicted octanol–water partition coefficient (Wildman–Crippen LogP) is 2.34. The maximum atomic E-state index is 5.84. The van der Waals surface area contributed by atoms with E-state index in [4.69, 9.17) is 5.73 Å². The van der Waals surface area contributed by atoms with Crippen LogP contribution in [-0.4, -0.2) is 25.0 Å². The minimum absolute atomic E-state index is 0.379. The van der Waals surface area contributed by atoms with E-state index in [0.717, 1.165) is 5.56 Å². The number of nitrogens with two attached hydrogens (primary N) is 1. The van der Waals surface area contributed by atoms with Crippen molar-refractivity contribution in [3.05, 3.63) is 23.9 Å². The van der Waals surface area contributed by atoms with Gasteiger partial charge < -0.3 is 0 Å². The minimum atomic E-state index is -0.925. The van der Waals surface area contributed by atoms with Crippen LogP contribution >= 0.6 is 20.1 Å². The molecular weight excluding hydrogens is 289 g/mol. The van der Waals surface area contributed by atoms with Crippen molar-refractivity contribution >= 4 is 25.9 Å². The van der Waals surface area contributed by atoms with Crippen LogP contribution in [0.1, 0.15) is 18.5 Å². The summed E-state index contributed by atoms with van der Waals surface area (Å²) in [4.78, 5) is 8.76. The van der Waals surface area contributed by atoms with E-state index < -0.39 is 20.1 Å². The number of aromatic nitrogens is 1. The molecule has 4 heteroatoms. The second-order valence-corrected chi connectivity index (χ2v) is 9.00. The fourth-order valence-electron chi connectivity index (χ4n) is 1.27. The quantitative estimate of drug-likeness (QED) is 0.529. The number of pyridine rings is 1. The summed E-state index contributed by atoms with van der Waals surface area (Å²) >= 11 is -0.925. The van der Waals surface area contributed by atoms with Gasteiger partial charge in [0.25, 0.3) is 0 Å². The van der Waals surface area contributed by atoms with Crippen LogP contribution in [0.15, 0.2) is 18.3 Å². The Morgan fingerprint density at radius 2 is 2.14 bits per heavy atom. The number of anilines is 1. The first-order valence-corrected chi connectivity index (χ1v) is 9.75. The van der Waals surface area contributed by atoms with Gasteiger partial charge in [-0.3, -0.25) is 0 Å². The molecule has 1 atom stereocenters. The van der Waals surface area contributed by atoms with Gasteiger partial charge in [-0.15, -0.1) is 0 Å². The summed E-state index contributed by atoms with van der Waals surface area (Å²) in [5, 5.41) is 0. The van der Waals surface area contributed by atoms with E-state index in [9.17, 15) is 0 Å². The molecule has 0 saturated heterocycles. The van der Waals surface area contributed by atoms with Gasteiger partial charge in [0.2, 0.25) is 0 Å². The molecular formula is C10H18IN3.